The van der Waals surface area contributed by atoms with E-state index in [1.54, 1.807) is 0 Å². The van der Waals surface area contributed by atoms with Crippen LogP contribution in [0.2, 0.25) is 5.02 Å². The highest BCUT2D eigenvalue weighted by Gasteiger charge is 2.25. The predicted octanol–water partition coefficient (Wildman–Crippen LogP) is 5.09. The average Bonchev–Trinajstić information content (AvgIpc) is 2.78. The number of anilines is 3. The molecule has 1 aromatic carbocycles. The summed E-state index contributed by atoms with van der Waals surface area (Å²) in [6.07, 6.45) is 4.98. The quantitative estimate of drug-likeness (QED) is 0.588. The van der Waals surface area contributed by atoms with Gasteiger partial charge in [0.1, 0.15) is 11.6 Å². The molecule has 4 rings (SSSR count). The van der Waals surface area contributed by atoms with Crippen molar-refractivity contribution >= 4 is 46.5 Å². The molecule has 2 N–H and O–H groups in total. The number of rotatable bonds is 5. The van der Waals surface area contributed by atoms with Crippen LogP contribution in [0.1, 0.15) is 45.1 Å². The summed E-state index contributed by atoms with van der Waals surface area (Å²) < 4.78 is 0. The van der Waals surface area contributed by atoms with Crippen LogP contribution in [0, 0.1) is 11.8 Å². The molecule has 1 aromatic heterocycles. The van der Waals surface area contributed by atoms with Crippen LogP contribution in [0.15, 0.2) is 30.3 Å². The molecule has 0 bridgehead atoms. The highest BCUT2D eigenvalue weighted by molar-refractivity contribution is 7.80. The summed E-state index contributed by atoms with van der Waals surface area (Å²) in [6, 6.07) is 9.90. The molecule has 0 amide bonds. The molecular formula is C24H33ClN6S. The summed E-state index contributed by atoms with van der Waals surface area (Å²) in [5.41, 5.74) is 1.11. The maximum atomic E-state index is 5.97. The molecule has 2 aromatic rings. The molecule has 6 nitrogen and oxygen atoms in total. The Morgan fingerprint density at radius 1 is 1.00 bits per heavy atom. The Bertz CT molecular complexity index is 905. The number of hydrogen-bond donors (Lipinski definition) is 2. The Hall–Kier alpha value is -2.12. The molecule has 32 heavy (non-hydrogen) atoms. The first-order valence-corrected chi connectivity index (χ1v) is 12.4. The summed E-state index contributed by atoms with van der Waals surface area (Å²) in [7, 11) is 0. The van der Waals surface area contributed by atoms with Gasteiger partial charge in [0.25, 0.3) is 0 Å². The second-order valence-corrected chi connectivity index (χ2v) is 10.1. The van der Waals surface area contributed by atoms with Crippen molar-refractivity contribution in [3.05, 3.63) is 40.9 Å². The zero-order chi connectivity index (χ0) is 22.5. The van der Waals surface area contributed by atoms with Gasteiger partial charge in [-0.1, -0.05) is 37.6 Å². The van der Waals surface area contributed by atoms with Gasteiger partial charge in [-0.2, -0.15) is 9.97 Å². The van der Waals surface area contributed by atoms with E-state index in [4.69, 9.17) is 33.8 Å². The maximum Gasteiger partial charge on any atom is 0.232 e. The molecule has 0 aliphatic carbocycles. The standard InChI is InChI=1S/C24H33ClN6S/c1-17-12-18(2)16-31(15-17)22-13-21(30-10-4-3-5-11-30)27-23(28-22)29-24(32)26-14-19-6-8-20(25)9-7-19/h6-9,13,17-18H,3-5,10-12,14-16H2,1-2H3,(H2,26,27,28,29,32)/t17-,18-/m1/s1. The van der Waals surface area contributed by atoms with Crippen molar-refractivity contribution in [2.45, 2.75) is 46.1 Å². The Balaban J connectivity index is 1.50. The molecule has 2 atom stereocenters. The third-order valence-electron chi connectivity index (χ3n) is 6.16. The van der Waals surface area contributed by atoms with E-state index in [9.17, 15) is 0 Å². The molecule has 2 fully saturated rings. The van der Waals surface area contributed by atoms with Gasteiger partial charge in [0, 0.05) is 43.8 Å². The SMILES string of the molecule is C[C@@H]1C[C@@H](C)CN(c2cc(N3CCCCC3)nc(NC(=S)NCc3ccc(Cl)cc3)n2)C1. The van der Waals surface area contributed by atoms with Gasteiger partial charge in [0.05, 0.1) is 0 Å². The minimum atomic E-state index is 0.516. The van der Waals surface area contributed by atoms with Gasteiger partial charge in [0.2, 0.25) is 5.95 Å². The molecule has 0 saturated carbocycles. The van der Waals surface area contributed by atoms with Crippen molar-refractivity contribution in [2.75, 3.05) is 41.3 Å². The number of nitrogens with zero attached hydrogens (tertiary/aromatic N) is 4. The fraction of sp³-hybridized carbons (Fsp3) is 0.542. The Kier molecular flexibility index (Phi) is 7.68. The van der Waals surface area contributed by atoms with Crippen molar-refractivity contribution < 1.29 is 0 Å². The first-order chi connectivity index (χ1) is 15.5. The number of thiocarbonyl (C=S) groups is 1. The second kappa shape index (κ2) is 10.7. The monoisotopic (exact) mass is 472 g/mol. The van der Waals surface area contributed by atoms with Crippen LogP contribution in [0.3, 0.4) is 0 Å². The predicted molar refractivity (Wildman–Crippen MR) is 138 cm³/mol. The van der Waals surface area contributed by atoms with Crippen molar-refractivity contribution in [2.24, 2.45) is 11.8 Å². The molecule has 8 heteroatoms. The highest BCUT2D eigenvalue weighted by Crippen LogP contribution is 2.29. The number of piperidine rings is 2. The van der Waals surface area contributed by atoms with Gasteiger partial charge >= 0.3 is 0 Å². The van der Waals surface area contributed by atoms with Crippen LogP contribution >= 0.6 is 23.8 Å². The molecule has 172 valence electrons. The van der Waals surface area contributed by atoms with Gasteiger partial charge < -0.3 is 20.4 Å². The van der Waals surface area contributed by atoms with E-state index in [2.05, 4.69) is 40.3 Å². The molecule has 0 spiro atoms. The summed E-state index contributed by atoms with van der Waals surface area (Å²) in [5, 5.41) is 7.72. The lowest BCUT2D eigenvalue weighted by molar-refractivity contribution is 0.355. The van der Waals surface area contributed by atoms with Crippen LogP contribution in [0.25, 0.3) is 0 Å². The van der Waals surface area contributed by atoms with E-state index in [-0.39, 0.29) is 0 Å². The molecule has 0 radical (unpaired) electrons. The molecule has 2 aliphatic heterocycles. The van der Waals surface area contributed by atoms with E-state index < -0.39 is 0 Å². The number of nitrogens with one attached hydrogen (secondary N) is 2. The number of halogens is 1. The van der Waals surface area contributed by atoms with Crippen molar-refractivity contribution in [3.63, 3.8) is 0 Å². The zero-order valence-electron chi connectivity index (χ0n) is 19.0. The van der Waals surface area contributed by atoms with Crippen LogP contribution < -0.4 is 20.4 Å². The van der Waals surface area contributed by atoms with E-state index in [0.29, 0.717) is 29.4 Å². The molecular weight excluding hydrogens is 440 g/mol. The number of aromatic nitrogens is 2. The lowest BCUT2D eigenvalue weighted by atomic mass is 9.92. The zero-order valence-corrected chi connectivity index (χ0v) is 20.6. The van der Waals surface area contributed by atoms with Crippen LogP contribution in [-0.2, 0) is 6.54 Å². The summed E-state index contributed by atoms with van der Waals surface area (Å²) in [6.45, 7) is 9.40. The van der Waals surface area contributed by atoms with Gasteiger partial charge in [-0.15, -0.1) is 0 Å². The lowest BCUT2D eigenvalue weighted by Gasteiger charge is -2.36. The van der Waals surface area contributed by atoms with Crippen LogP contribution in [-0.4, -0.2) is 41.3 Å². The molecule has 2 saturated heterocycles. The van der Waals surface area contributed by atoms with E-state index >= 15 is 0 Å². The summed E-state index contributed by atoms with van der Waals surface area (Å²) in [4.78, 5) is 14.5. The Morgan fingerprint density at radius 3 is 2.28 bits per heavy atom. The van der Waals surface area contributed by atoms with Crippen molar-refractivity contribution in [3.8, 4) is 0 Å². The first kappa shape index (κ1) is 23.1. The smallest absolute Gasteiger partial charge is 0.232 e. The molecule has 0 unspecified atom stereocenters. The third kappa shape index (κ3) is 6.23. The number of hydrogen-bond acceptors (Lipinski definition) is 5. The average molecular weight is 473 g/mol. The van der Waals surface area contributed by atoms with Gasteiger partial charge in [-0.05, 0) is 67.4 Å². The van der Waals surface area contributed by atoms with Crippen LogP contribution in [0.5, 0.6) is 0 Å². The van der Waals surface area contributed by atoms with E-state index in [0.717, 1.165) is 48.4 Å². The second-order valence-electron chi connectivity index (χ2n) is 9.24. The van der Waals surface area contributed by atoms with Gasteiger partial charge in [0.15, 0.2) is 5.11 Å². The summed E-state index contributed by atoms with van der Waals surface area (Å²) in [5.74, 6) is 3.85. The van der Waals surface area contributed by atoms with Crippen molar-refractivity contribution in [1.29, 1.82) is 0 Å². The van der Waals surface area contributed by atoms with E-state index in [1.807, 2.05) is 24.3 Å². The third-order valence-corrected chi connectivity index (χ3v) is 6.66. The largest absolute Gasteiger partial charge is 0.358 e. The van der Waals surface area contributed by atoms with Crippen LogP contribution in [0.4, 0.5) is 17.6 Å². The Morgan fingerprint density at radius 2 is 1.62 bits per heavy atom. The lowest BCUT2D eigenvalue weighted by Crippen LogP contribution is -2.40. The maximum absolute atomic E-state index is 5.97. The van der Waals surface area contributed by atoms with Crippen molar-refractivity contribution in [1.82, 2.24) is 15.3 Å². The van der Waals surface area contributed by atoms with Gasteiger partial charge in [-0.25, -0.2) is 0 Å². The van der Waals surface area contributed by atoms with E-state index in [1.165, 1.54) is 25.7 Å². The molecule has 2 aliphatic rings. The fourth-order valence-corrected chi connectivity index (χ4v) is 4.99. The molecule has 3 heterocycles. The Labute approximate surface area is 201 Å². The topological polar surface area (TPSA) is 56.3 Å². The normalized spacial score (nSPS) is 21.3. The minimum Gasteiger partial charge on any atom is -0.358 e. The first-order valence-electron chi connectivity index (χ1n) is 11.6. The fourth-order valence-electron chi connectivity index (χ4n) is 4.71. The minimum absolute atomic E-state index is 0.516. The summed E-state index contributed by atoms with van der Waals surface area (Å²) >= 11 is 11.5. The van der Waals surface area contributed by atoms with Gasteiger partial charge in [-0.3, -0.25) is 0 Å². The number of benzene rings is 1. The highest BCUT2D eigenvalue weighted by atomic mass is 35.5.